The predicted molar refractivity (Wildman–Crippen MR) is 116 cm³/mol. The van der Waals surface area contributed by atoms with Crippen molar-refractivity contribution in [1.82, 2.24) is 0 Å². The Balaban J connectivity index is 0.00000121. The average molecular weight is 485 g/mol. The first-order valence-electron chi connectivity index (χ1n) is 8.76. The molecule has 0 atom stereocenters. The SMILES string of the molecule is Cl.Cl.[CH3][Zr](=[SiH2])([CH2]CO)([C]1=CC=CC1)[CH]1c2ccccc2-c2ccccc21. The van der Waals surface area contributed by atoms with E-state index in [2.05, 4.69) is 78.3 Å². The van der Waals surface area contributed by atoms with Crippen molar-refractivity contribution >= 4 is 31.7 Å². The number of benzene rings is 2. The fraction of sp³-hybridized carbons (Fsp3) is 0.238. The monoisotopic (exact) mass is 482 g/mol. The maximum atomic E-state index is 9.99. The predicted octanol–water partition coefficient (Wildman–Crippen LogP) is 5.14. The first-order valence-corrected chi connectivity index (χ1v) is 21.5. The summed E-state index contributed by atoms with van der Waals surface area (Å²) in [7, 11) is 0. The van der Waals surface area contributed by atoms with Gasteiger partial charge in [0.15, 0.2) is 0 Å². The molecule has 2 aliphatic carbocycles. The number of hydrogen-bond donors (Lipinski definition) is 1. The van der Waals surface area contributed by atoms with Gasteiger partial charge in [0.25, 0.3) is 0 Å². The van der Waals surface area contributed by atoms with Gasteiger partial charge in [-0.05, 0) is 0 Å². The van der Waals surface area contributed by atoms with Crippen molar-refractivity contribution in [3.05, 3.63) is 81.2 Å². The minimum atomic E-state index is -3.40. The number of aliphatic hydroxyl groups excluding tert-OH is 1. The molecule has 4 rings (SSSR count). The Morgan fingerprint density at radius 3 is 2.00 bits per heavy atom. The van der Waals surface area contributed by atoms with Gasteiger partial charge in [0.1, 0.15) is 0 Å². The third-order valence-corrected chi connectivity index (χ3v) is 28.7. The van der Waals surface area contributed by atoms with Gasteiger partial charge in [-0.3, -0.25) is 0 Å². The number of aliphatic hydroxyl groups is 1. The Bertz CT molecular complexity index is 905. The van der Waals surface area contributed by atoms with Crippen LogP contribution in [-0.2, 0) is 17.4 Å². The normalized spacial score (nSPS) is 15.6. The number of hydrogen-bond acceptors (Lipinski definition) is 1. The van der Waals surface area contributed by atoms with Gasteiger partial charge >= 0.3 is 147 Å². The summed E-state index contributed by atoms with van der Waals surface area (Å²) in [6.07, 6.45) is 7.93. The van der Waals surface area contributed by atoms with E-state index in [9.17, 15) is 5.11 Å². The minimum absolute atomic E-state index is 0. The molecule has 0 aliphatic heterocycles. The molecule has 5 heteroatoms. The van der Waals surface area contributed by atoms with Crippen molar-refractivity contribution in [2.24, 2.45) is 0 Å². The summed E-state index contributed by atoms with van der Waals surface area (Å²) < 4.78 is 5.66. The Morgan fingerprint density at radius 2 is 1.54 bits per heavy atom. The number of rotatable bonds is 4. The Kier molecular flexibility index (Phi) is 6.63. The average Bonchev–Trinajstić information content (AvgIpc) is 3.22. The van der Waals surface area contributed by atoms with E-state index in [0.717, 1.165) is 10.5 Å². The van der Waals surface area contributed by atoms with Crippen LogP contribution in [0.3, 0.4) is 0 Å². The molecule has 0 saturated carbocycles. The molecule has 0 aromatic heterocycles. The topological polar surface area (TPSA) is 20.2 Å². The van der Waals surface area contributed by atoms with Crippen molar-refractivity contribution < 1.29 is 22.5 Å². The molecule has 0 spiro atoms. The van der Waals surface area contributed by atoms with E-state index in [4.69, 9.17) is 0 Å². The van der Waals surface area contributed by atoms with Gasteiger partial charge in [0.2, 0.25) is 0 Å². The Morgan fingerprint density at radius 1 is 1.00 bits per heavy atom. The molecule has 2 aromatic rings. The van der Waals surface area contributed by atoms with Gasteiger partial charge < -0.3 is 0 Å². The molecule has 0 unspecified atom stereocenters. The van der Waals surface area contributed by atoms with Gasteiger partial charge in [-0.15, -0.1) is 24.8 Å². The van der Waals surface area contributed by atoms with Gasteiger partial charge in [-0.2, -0.15) is 0 Å². The second kappa shape index (κ2) is 7.89. The molecule has 0 bridgehead atoms. The van der Waals surface area contributed by atoms with Gasteiger partial charge in [-0.25, -0.2) is 0 Å². The standard InChI is InChI=1S/C13H9.C5H5.C2H5O.CH3.2ClH.H2Si.Zr/c1-3-7-12-10(5-1)9-11-6-2-4-8-13(11)12;1-2-4-5-3-1;1-2-3;;;;;/h1-9H;1-3H,4H2;3H,1-2H2;1H3;2*1H;1H2;. The van der Waals surface area contributed by atoms with Gasteiger partial charge in [0.05, 0.1) is 0 Å². The van der Waals surface area contributed by atoms with Crippen molar-refractivity contribution in [1.29, 1.82) is 0 Å². The van der Waals surface area contributed by atoms with Gasteiger partial charge in [0, 0.05) is 0 Å². The summed E-state index contributed by atoms with van der Waals surface area (Å²) in [5, 5.41) is 9.99. The zero-order valence-electron chi connectivity index (χ0n) is 15.0. The van der Waals surface area contributed by atoms with Crippen molar-refractivity contribution in [2.45, 2.75) is 18.8 Å². The molecule has 0 heterocycles. The van der Waals surface area contributed by atoms with Crippen LogP contribution in [0, 0.1) is 0 Å². The van der Waals surface area contributed by atoms with Gasteiger partial charge in [-0.1, -0.05) is 0 Å². The van der Waals surface area contributed by atoms with E-state index in [-0.39, 0.29) is 24.8 Å². The maximum absolute atomic E-state index is 9.99. The summed E-state index contributed by atoms with van der Waals surface area (Å²) >= 11 is -3.40. The van der Waals surface area contributed by atoms with Crippen molar-refractivity contribution in [2.75, 3.05) is 6.61 Å². The van der Waals surface area contributed by atoms with E-state index in [1.807, 2.05) is 0 Å². The molecular weight excluding hydrogens is 458 g/mol. The third-order valence-electron chi connectivity index (χ3n) is 6.21. The fourth-order valence-corrected chi connectivity index (χ4v) is 22.8. The third kappa shape index (κ3) is 3.16. The van der Waals surface area contributed by atoms with Crippen LogP contribution in [-0.4, -0.2) is 18.6 Å². The summed E-state index contributed by atoms with van der Waals surface area (Å²) in [4.78, 5) is 0. The number of allylic oxidation sites excluding steroid dienone is 4. The van der Waals surface area contributed by atoms with Crippen LogP contribution in [0.5, 0.6) is 0 Å². The summed E-state index contributed by atoms with van der Waals surface area (Å²) in [5.41, 5.74) is 5.78. The molecule has 1 N–H and O–H groups in total. The molecule has 2 aliphatic rings. The molecule has 0 saturated heterocycles. The van der Waals surface area contributed by atoms with E-state index in [1.54, 1.807) is 3.28 Å². The number of fused-ring (bicyclic) bond motifs is 3. The Hall–Kier alpha value is -0.440. The molecule has 2 aromatic carbocycles. The first kappa shape index (κ1) is 21.9. The van der Waals surface area contributed by atoms with Crippen LogP contribution in [0.15, 0.2) is 70.0 Å². The van der Waals surface area contributed by atoms with Crippen molar-refractivity contribution in [3.63, 3.8) is 0 Å². The summed E-state index contributed by atoms with van der Waals surface area (Å²) in [6, 6.07) is 17.8. The van der Waals surface area contributed by atoms with Crippen LogP contribution in [0.2, 0.25) is 8.76 Å². The fourth-order valence-electron chi connectivity index (χ4n) is 4.87. The second-order valence-electron chi connectivity index (χ2n) is 7.81. The number of halogens is 2. The van der Waals surface area contributed by atoms with Crippen LogP contribution in [0.4, 0.5) is 0 Å². The van der Waals surface area contributed by atoms with Crippen molar-refractivity contribution in [3.8, 4) is 11.1 Å². The van der Waals surface area contributed by atoms with E-state index >= 15 is 0 Å². The van der Waals surface area contributed by atoms with E-state index in [0.29, 0.717) is 10.2 Å². The van der Waals surface area contributed by atoms with E-state index in [1.165, 1.54) is 22.3 Å². The van der Waals surface area contributed by atoms with Crippen LogP contribution < -0.4 is 0 Å². The van der Waals surface area contributed by atoms with Crippen LogP contribution >= 0.6 is 24.8 Å². The zero-order valence-corrected chi connectivity index (χ0v) is 20.5. The molecule has 0 fully saturated rings. The quantitative estimate of drug-likeness (QED) is 0.596. The molecular formula is C21H26Cl2OSiZr. The first-order chi connectivity index (χ1) is 11.6. The molecule has 138 valence electrons. The summed E-state index contributed by atoms with van der Waals surface area (Å²) in [5.74, 6) is 0. The van der Waals surface area contributed by atoms with Crippen LogP contribution in [0.25, 0.3) is 11.1 Å². The molecule has 1 nitrogen and oxygen atoms in total. The molecule has 26 heavy (non-hydrogen) atoms. The molecule has 0 radical (unpaired) electrons. The summed E-state index contributed by atoms with van der Waals surface area (Å²) in [6.45, 7) is 2.58. The Labute approximate surface area is 170 Å². The second-order valence-corrected chi connectivity index (χ2v) is 35.5. The zero-order chi connectivity index (χ0) is 16.8. The molecule has 0 amide bonds. The van der Waals surface area contributed by atoms with Crippen LogP contribution in [0.1, 0.15) is 21.2 Å². The van der Waals surface area contributed by atoms with E-state index < -0.39 is 17.4 Å².